The minimum absolute atomic E-state index is 0.172. The van der Waals surface area contributed by atoms with E-state index in [1.165, 1.54) is 25.7 Å². The van der Waals surface area contributed by atoms with Crippen molar-refractivity contribution in [2.75, 3.05) is 18.0 Å². The first-order chi connectivity index (χ1) is 10.0. The van der Waals surface area contributed by atoms with Gasteiger partial charge in [0.2, 0.25) is 0 Å². The number of unbranched alkanes of at least 4 members (excludes halogenated alkanes) is 4. The molecule has 1 heterocycles. The first-order valence-electron chi connectivity index (χ1n) is 7.96. The molecule has 0 aliphatic heterocycles. The highest BCUT2D eigenvalue weighted by Crippen LogP contribution is 2.25. The summed E-state index contributed by atoms with van der Waals surface area (Å²) in [5, 5.41) is 12.0. The maximum absolute atomic E-state index is 10.8. The average molecular weight is 312 g/mol. The molecule has 21 heavy (non-hydrogen) atoms. The van der Waals surface area contributed by atoms with E-state index in [4.69, 9.17) is 5.11 Å². The van der Waals surface area contributed by atoms with E-state index in [1.54, 1.807) is 11.3 Å². The highest BCUT2D eigenvalue weighted by atomic mass is 32.1. The van der Waals surface area contributed by atoms with E-state index in [1.807, 2.05) is 0 Å². The largest absolute Gasteiger partial charge is 0.481 e. The zero-order valence-electron chi connectivity index (χ0n) is 13.5. The molecular formula is C16H28N2O2S. The predicted molar refractivity (Wildman–Crippen MR) is 89.4 cm³/mol. The van der Waals surface area contributed by atoms with Crippen LogP contribution in [-0.2, 0) is 4.79 Å². The lowest BCUT2D eigenvalue weighted by molar-refractivity contribution is -0.136. The van der Waals surface area contributed by atoms with Crippen molar-refractivity contribution in [2.45, 2.75) is 65.2 Å². The molecule has 0 amide bonds. The fraction of sp³-hybridized carbons (Fsp3) is 0.750. The quantitative estimate of drug-likeness (QED) is 0.610. The molecule has 0 fully saturated rings. The van der Waals surface area contributed by atoms with E-state index in [2.05, 4.69) is 36.0 Å². The molecule has 0 spiro atoms. The minimum atomic E-state index is -0.744. The van der Waals surface area contributed by atoms with Crippen LogP contribution in [0.2, 0.25) is 0 Å². The molecule has 0 bridgehead atoms. The summed E-state index contributed by atoms with van der Waals surface area (Å²) in [5.41, 5.74) is 1.10. The molecular weight excluding hydrogens is 284 g/mol. The Morgan fingerprint density at radius 2 is 2.00 bits per heavy atom. The van der Waals surface area contributed by atoms with Gasteiger partial charge in [-0.2, -0.15) is 0 Å². The Labute approximate surface area is 132 Å². The van der Waals surface area contributed by atoms with Crippen LogP contribution in [0.25, 0.3) is 0 Å². The van der Waals surface area contributed by atoms with Crippen molar-refractivity contribution in [3.63, 3.8) is 0 Å². The molecule has 0 saturated carbocycles. The van der Waals surface area contributed by atoms with Gasteiger partial charge in [-0.15, -0.1) is 11.3 Å². The lowest BCUT2D eigenvalue weighted by atomic mass is 10.1. The maximum Gasteiger partial charge on any atom is 0.305 e. The van der Waals surface area contributed by atoms with E-state index in [0.29, 0.717) is 12.5 Å². The molecule has 0 saturated heterocycles. The van der Waals surface area contributed by atoms with Crippen LogP contribution in [0.15, 0.2) is 5.38 Å². The zero-order valence-corrected chi connectivity index (χ0v) is 14.3. The summed E-state index contributed by atoms with van der Waals surface area (Å²) in [6.07, 6.45) is 6.27. The van der Waals surface area contributed by atoms with Crippen molar-refractivity contribution < 1.29 is 9.90 Å². The van der Waals surface area contributed by atoms with E-state index in [9.17, 15) is 4.79 Å². The van der Waals surface area contributed by atoms with Crippen LogP contribution < -0.4 is 4.90 Å². The average Bonchev–Trinajstić information content (AvgIpc) is 2.91. The number of nitrogens with zero attached hydrogens (tertiary/aromatic N) is 2. The molecule has 0 unspecified atom stereocenters. The zero-order chi connectivity index (χ0) is 15.7. The van der Waals surface area contributed by atoms with Gasteiger partial charge in [0.1, 0.15) is 0 Å². The number of aliphatic carboxylic acids is 1. The first kappa shape index (κ1) is 18.0. The van der Waals surface area contributed by atoms with Crippen molar-refractivity contribution in [2.24, 2.45) is 0 Å². The summed E-state index contributed by atoms with van der Waals surface area (Å²) in [5.74, 6) is -0.326. The van der Waals surface area contributed by atoms with Gasteiger partial charge in [0.05, 0.1) is 12.1 Å². The summed E-state index contributed by atoms with van der Waals surface area (Å²) in [6, 6.07) is 0. The Hall–Kier alpha value is -1.10. The molecule has 0 aliphatic rings. The summed E-state index contributed by atoms with van der Waals surface area (Å²) in [4.78, 5) is 17.6. The molecule has 1 aromatic rings. The predicted octanol–water partition coefficient (Wildman–Crippen LogP) is 4.52. The Bertz CT molecular complexity index is 418. The van der Waals surface area contributed by atoms with Crippen molar-refractivity contribution >= 4 is 22.4 Å². The second kappa shape index (κ2) is 9.77. The number of rotatable bonds is 11. The van der Waals surface area contributed by atoms with Crippen molar-refractivity contribution in [1.82, 2.24) is 4.98 Å². The number of carbonyl (C=O) groups is 1. The number of thiazole rings is 1. The third kappa shape index (κ3) is 6.93. The number of carboxylic acid groups (broad SMARTS) is 1. The lowest BCUT2D eigenvalue weighted by Gasteiger charge is -2.21. The van der Waals surface area contributed by atoms with E-state index >= 15 is 0 Å². The van der Waals surface area contributed by atoms with Crippen LogP contribution in [0, 0.1) is 0 Å². The van der Waals surface area contributed by atoms with Crippen molar-refractivity contribution in [1.29, 1.82) is 0 Å². The molecule has 5 heteroatoms. The third-order valence-electron chi connectivity index (χ3n) is 3.50. The maximum atomic E-state index is 10.8. The van der Waals surface area contributed by atoms with Crippen LogP contribution in [-0.4, -0.2) is 29.1 Å². The van der Waals surface area contributed by atoms with Crippen molar-refractivity contribution in [3.05, 3.63) is 11.1 Å². The van der Waals surface area contributed by atoms with Crippen LogP contribution in [0.1, 0.15) is 70.9 Å². The van der Waals surface area contributed by atoms with E-state index in [-0.39, 0.29) is 6.42 Å². The summed E-state index contributed by atoms with van der Waals surface area (Å²) in [7, 11) is 0. The van der Waals surface area contributed by atoms with Gasteiger partial charge in [0.25, 0.3) is 0 Å². The van der Waals surface area contributed by atoms with Gasteiger partial charge in [0.15, 0.2) is 5.13 Å². The number of aromatic nitrogens is 1. The van der Waals surface area contributed by atoms with E-state index < -0.39 is 5.97 Å². The molecule has 0 aromatic carbocycles. The van der Waals surface area contributed by atoms with Gasteiger partial charge >= 0.3 is 5.97 Å². The van der Waals surface area contributed by atoms with Gasteiger partial charge in [-0.25, -0.2) is 4.98 Å². The summed E-state index contributed by atoms with van der Waals surface area (Å²) < 4.78 is 0. The van der Waals surface area contributed by atoms with Gasteiger partial charge in [-0.3, -0.25) is 4.79 Å². The second-order valence-electron chi connectivity index (χ2n) is 5.75. The standard InChI is InChI=1S/C16H28N2O2S/c1-4-5-6-7-8-10-18(11-9-15(19)20)16-17-14(12-21-16)13(2)3/h12-13H,4-11H2,1-3H3,(H,19,20). The third-order valence-corrected chi connectivity index (χ3v) is 4.42. The van der Waals surface area contributed by atoms with Crippen LogP contribution in [0.5, 0.6) is 0 Å². The molecule has 0 atom stereocenters. The van der Waals surface area contributed by atoms with Gasteiger partial charge in [-0.1, -0.05) is 46.5 Å². The fourth-order valence-corrected chi connectivity index (χ4v) is 3.17. The highest BCUT2D eigenvalue weighted by Gasteiger charge is 2.13. The van der Waals surface area contributed by atoms with Gasteiger partial charge in [0, 0.05) is 18.5 Å². The number of carboxylic acids is 1. The smallest absolute Gasteiger partial charge is 0.305 e. The normalized spacial score (nSPS) is 11.0. The van der Waals surface area contributed by atoms with Crippen molar-refractivity contribution in [3.8, 4) is 0 Å². The molecule has 0 aliphatic carbocycles. The molecule has 1 N–H and O–H groups in total. The summed E-state index contributed by atoms with van der Waals surface area (Å²) >= 11 is 1.63. The Balaban J connectivity index is 2.55. The topological polar surface area (TPSA) is 53.4 Å². The molecule has 120 valence electrons. The minimum Gasteiger partial charge on any atom is -0.481 e. The van der Waals surface area contributed by atoms with Crippen LogP contribution >= 0.6 is 11.3 Å². The second-order valence-corrected chi connectivity index (χ2v) is 6.59. The SMILES string of the molecule is CCCCCCCN(CCC(=O)O)c1nc(C(C)C)cs1. The Morgan fingerprint density at radius 3 is 2.57 bits per heavy atom. The fourth-order valence-electron chi connectivity index (χ4n) is 2.13. The number of hydrogen-bond donors (Lipinski definition) is 1. The molecule has 4 nitrogen and oxygen atoms in total. The number of hydrogen-bond acceptors (Lipinski definition) is 4. The number of anilines is 1. The molecule has 1 aromatic heterocycles. The van der Waals surface area contributed by atoms with Gasteiger partial charge in [-0.05, 0) is 12.3 Å². The highest BCUT2D eigenvalue weighted by molar-refractivity contribution is 7.13. The lowest BCUT2D eigenvalue weighted by Crippen LogP contribution is -2.27. The first-order valence-corrected chi connectivity index (χ1v) is 8.84. The monoisotopic (exact) mass is 312 g/mol. The van der Waals surface area contributed by atoms with Crippen LogP contribution in [0.3, 0.4) is 0 Å². The molecule has 0 radical (unpaired) electrons. The van der Waals surface area contributed by atoms with E-state index in [0.717, 1.165) is 23.8 Å². The molecule has 1 rings (SSSR count). The van der Waals surface area contributed by atoms with Crippen LogP contribution in [0.4, 0.5) is 5.13 Å². The summed E-state index contributed by atoms with van der Waals surface area (Å²) in [6.45, 7) is 7.93. The van der Waals surface area contributed by atoms with Gasteiger partial charge < -0.3 is 10.0 Å². The Morgan fingerprint density at radius 1 is 1.29 bits per heavy atom. The Kier molecular flexibility index (Phi) is 8.35.